The number of hydrogen-bond donors (Lipinski definition) is 0. The Morgan fingerprint density at radius 2 is 1.68 bits per heavy atom. The zero-order valence-corrected chi connectivity index (χ0v) is 13.3. The van der Waals surface area contributed by atoms with Gasteiger partial charge < -0.3 is 14.2 Å². The fraction of sp³-hybridized carbons (Fsp3) is 0.111. The summed E-state index contributed by atoms with van der Waals surface area (Å²) in [6.45, 7) is 0.790. The maximum Gasteiger partial charge on any atom is 0.231 e. The van der Waals surface area contributed by atoms with Gasteiger partial charge in [-0.15, -0.1) is 0 Å². The minimum absolute atomic E-state index is 0.292. The molecule has 0 N–H and O–H groups in total. The Morgan fingerprint density at radius 1 is 0.864 bits per heavy atom. The molecule has 0 bridgehead atoms. The van der Waals surface area contributed by atoms with Crippen LogP contribution in [0.5, 0.6) is 17.2 Å². The van der Waals surface area contributed by atoms with Crippen molar-refractivity contribution in [2.75, 3.05) is 6.79 Å². The summed E-state index contributed by atoms with van der Waals surface area (Å²) in [4.78, 5) is 0. The van der Waals surface area contributed by atoms with Gasteiger partial charge in [-0.1, -0.05) is 34.1 Å². The third-order valence-electron chi connectivity index (χ3n) is 3.62. The topological polar surface area (TPSA) is 27.7 Å². The van der Waals surface area contributed by atoms with Crippen LogP contribution in [0, 0.1) is 0 Å². The molecule has 0 aliphatic carbocycles. The Kier molecular flexibility index (Phi) is 3.39. The maximum atomic E-state index is 5.88. The van der Waals surface area contributed by atoms with Gasteiger partial charge in [0.25, 0.3) is 0 Å². The molecule has 1 aliphatic heterocycles. The lowest BCUT2D eigenvalue weighted by Crippen LogP contribution is -1.95. The monoisotopic (exact) mass is 356 g/mol. The van der Waals surface area contributed by atoms with Crippen molar-refractivity contribution in [3.63, 3.8) is 0 Å². The first-order valence-electron chi connectivity index (χ1n) is 6.99. The van der Waals surface area contributed by atoms with Crippen molar-refractivity contribution in [3.05, 3.63) is 64.6 Å². The van der Waals surface area contributed by atoms with Crippen molar-refractivity contribution < 1.29 is 14.2 Å². The normalized spacial score (nSPS) is 12.6. The predicted octanol–water partition coefficient (Wildman–Crippen LogP) is 4.91. The molecular weight excluding hydrogens is 344 g/mol. The number of hydrogen-bond acceptors (Lipinski definition) is 3. The molecule has 0 amide bonds. The van der Waals surface area contributed by atoms with Gasteiger partial charge in [-0.2, -0.15) is 0 Å². The van der Waals surface area contributed by atoms with Crippen LogP contribution in [0.1, 0.15) is 5.56 Å². The molecule has 4 heteroatoms. The molecule has 1 aliphatic rings. The zero-order chi connectivity index (χ0) is 14.9. The zero-order valence-electron chi connectivity index (χ0n) is 11.7. The van der Waals surface area contributed by atoms with Gasteiger partial charge >= 0.3 is 0 Å². The molecule has 3 nitrogen and oxygen atoms in total. The average molecular weight is 357 g/mol. The second-order valence-corrected chi connectivity index (χ2v) is 6.05. The van der Waals surface area contributed by atoms with E-state index in [2.05, 4.69) is 40.2 Å². The number of rotatable bonds is 3. The standard InChI is InChI=1S/C18H13BrO3/c19-15-4-2-14-9-16(5-3-13(14)8-15)20-10-12-1-6-17-18(7-12)22-11-21-17/h1-9H,10-11H2. The van der Waals surface area contributed by atoms with Gasteiger partial charge in [0.1, 0.15) is 12.4 Å². The molecule has 0 spiro atoms. The first kappa shape index (κ1) is 13.5. The number of fused-ring (bicyclic) bond motifs is 2. The molecule has 0 saturated carbocycles. The molecule has 1 heterocycles. The van der Waals surface area contributed by atoms with E-state index in [0.717, 1.165) is 32.7 Å². The van der Waals surface area contributed by atoms with Gasteiger partial charge in [-0.3, -0.25) is 0 Å². The summed E-state index contributed by atoms with van der Waals surface area (Å²) in [6, 6.07) is 18.2. The van der Waals surface area contributed by atoms with Crippen molar-refractivity contribution >= 4 is 26.7 Å². The van der Waals surface area contributed by atoms with Crippen LogP contribution in [0.3, 0.4) is 0 Å². The lowest BCUT2D eigenvalue weighted by Gasteiger charge is -2.08. The number of benzene rings is 3. The summed E-state index contributed by atoms with van der Waals surface area (Å²) in [5, 5.41) is 2.34. The summed E-state index contributed by atoms with van der Waals surface area (Å²) in [5.41, 5.74) is 1.06. The number of halogens is 1. The van der Waals surface area contributed by atoms with E-state index in [9.17, 15) is 0 Å². The SMILES string of the molecule is Brc1ccc2cc(OCc3ccc4c(c3)OCO4)ccc2c1. The van der Waals surface area contributed by atoms with Crippen molar-refractivity contribution in [1.29, 1.82) is 0 Å². The smallest absolute Gasteiger partial charge is 0.231 e. The molecule has 0 aromatic heterocycles. The summed E-state index contributed by atoms with van der Waals surface area (Å²) >= 11 is 3.48. The van der Waals surface area contributed by atoms with Gasteiger partial charge in [0.15, 0.2) is 11.5 Å². The minimum Gasteiger partial charge on any atom is -0.489 e. The van der Waals surface area contributed by atoms with Crippen LogP contribution in [0.25, 0.3) is 10.8 Å². The molecule has 3 aromatic rings. The van der Waals surface area contributed by atoms with E-state index in [1.807, 2.05) is 30.3 Å². The van der Waals surface area contributed by atoms with E-state index >= 15 is 0 Å². The quantitative estimate of drug-likeness (QED) is 0.667. The Balaban J connectivity index is 1.52. The predicted molar refractivity (Wildman–Crippen MR) is 88.5 cm³/mol. The molecule has 0 atom stereocenters. The molecule has 0 unspecified atom stereocenters. The summed E-state index contributed by atoms with van der Waals surface area (Å²) in [7, 11) is 0. The third-order valence-corrected chi connectivity index (χ3v) is 4.11. The van der Waals surface area contributed by atoms with Gasteiger partial charge in [0.2, 0.25) is 6.79 Å². The lowest BCUT2D eigenvalue weighted by molar-refractivity contribution is 0.174. The molecule has 22 heavy (non-hydrogen) atoms. The third kappa shape index (κ3) is 2.62. The average Bonchev–Trinajstić information content (AvgIpc) is 3.00. The summed E-state index contributed by atoms with van der Waals surface area (Å²) < 4.78 is 17.6. The number of ether oxygens (including phenoxy) is 3. The van der Waals surface area contributed by atoms with Crippen LogP contribution in [0.15, 0.2) is 59.1 Å². The Bertz CT molecular complexity index is 845. The fourth-order valence-corrected chi connectivity index (χ4v) is 2.86. The van der Waals surface area contributed by atoms with E-state index in [1.165, 1.54) is 5.39 Å². The highest BCUT2D eigenvalue weighted by Crippen LogP contribution is 2.33. The van der Waals surface area contributed by atoms with Crippen LogP contribution < -0.4 is 14.2 Å². The van der Waals surface area contributed by atoms with Crippen molar-refractivity contribution in [2.45, 2.75) is 6.61 Å². The summed E-state index contributed by atoms with van der Waals surface area (Å²) in [5.74, 6) is 2.43. The fourth-order valence-electron chi connectivity index (χ4n) is 2.48. The van der Waals surface area contributed by atoms with Crippen molar-refractivity contribution in [2.24, 2.45) is 0 Å². The second-order valence-electron chi connectivity index (χ2n) is 5.13. The van der Waals surface area contributed by atoms with E-state index in [-0.39, 0.29) is 0 Å². The lowest BCUT2D eigenvalue weighted by atomic mass is 10.1. The van der Waals surface area contributed by atoms with Crippen LogP contribution in [-0.4, -0.2) is 6.79 Å². The Hall–Kier alpha value is -2.20. The largest absolute Gasteiger partial charge is 0.489 e. The maximum absolute atomic E-state index is 5.88. The van der Waals surface area contributed by atoms with E-state index in [0.29, 0.717) is 13.4 Å². The van der Waals surface area contributed by atoms with E-state index < -0.39 is 0 Å². The molecule has 4 rings (SSSR count). The highest BCUT2D eigenvalue weighted by Gasteiger charge is 2.13. The Labute approximate surface area is 136 Å². The highest BCUT2D eigenvalue weighted by atomic mass is 79.9. The van der Waals surface area contributed by atoms with Crippen molar-refractivity contribution in [3.8, 4) is 17.2 Å². The van der Waals surface area contributed by atoms with E-state index in [1.54, 1.807) is 0 Å². The van der Waals surface area contributed by atoms with Crippen LogP contribution in [0.4, 0.5) is 0 Å². The van der Waals surface area contributed by atoms with Gasteiger partial charge in [-0.25, -0.2) is 0 Å². The molecular formula is C18H13BrO3. The molecule has 3 aromatic carbocycles. The molecule has 0 fully saturated rings. The minimum atomic E-state index is 0.292. The van der Waals surface area contributed by atoms with Crippen LogP contribution >= 0.6 is 15.9 Å². The highest BCUT2D eigenvalue weighted by molar-refractivity contribution is 9.10. The first-order chi connectivity index (χ1) is 10.8. The summed E-state index contributed by atoms with van der Waals surface area (Å²) in [6.07, 6.45) is 0. The van der Waals surface area contributed by atoms with Crippen LogP contribution in [0.2, 0.25) is 0 Å². The Morgan fingerprint density at radius 3 is 2.64 bits per heavy atom. The van der Waals surface area contributed by atoms with Gasteiger partial charge in [0.05, 0.1) is 0 Å². The molecule has 0 saturated heterocycles. The van der Waals surface area contributed by atoms with Crippen molar-refractivity contribution in [1.82, 2.24) is 0 Å². The van der Waals surface area contributed by atoms with Crippen LogP contribution in [-0.2, 0) is 6.61 Å². The van der Waals surface area contributed by atoms with Gasteiger partial charge in [-0.05, 0) is 52.7 Å². The molecule has 0 radical (unpaired) electrons. The first-order valence-corrected chi connectivity index (χ1v) is 7.78. The van der Waals surface area contributed by atoms with E-state index in [4.69, 9.17) is 14.2 Å². The molecule has 110 valence electrons. The second kappa shape index (κ2) is 5.54. The van der Waals surface area contributed by atoms with Gasteiger partial charge in [0, 0.05) is 4.47 Å².